The third-order valence-electron chi connectivity index (χ3n) is 5.70. The minimum Gasteiger partial charge on any atom is -0.497 e. The molecule has 0 radical (unpaired) electrons. The Morgan fingerprint density at radius 3 is 2.41 bits per heavy atom. The van der Waals surface area contributed by atoms with Crippen molar-refractivity contribution in [1.82, 2.24) is 4.90 Å². The van der Waals surface area contributed by atoms with Crippen LogP contribution in [0.5, 0.6) is 5.75 Å². The van der Waals surface area contributed by atoms with Crippen molar-refractivity contribution in [2.24, 2.45) is 11.3 Å². The second-order valence-corrected chi connectivity index (χ2v) is 8.24. The van der Waals surface area contributed by atoms with Gasteiger partial charge in [-0.15, -0.1) is 0 Å². The average Bonchev–Trinajstić information content (AvgIpc) is 2.74. The molecule has 1 heterocycles. The molecule has 1 saturated heterocycles. The first-order valence-corrected chi connectivity index (χ1v) is 10.2. The number of hydrogen-bond donors (Lipinski definition) is 1. The van der Waals surface area contributed by atoms with Gasteiger partial charge in [0.2, 0.25) is 11.8 Å². The molecule has 0 bridgehead atoms. The molecule has 0 atom stereocenters. The van der Waals surface area contributed by atoms with Gasteiger partial charge in [-0.05, 0) is 56.7 Å². The summed E-state index contributed by atoms with van der Waals surface area (Å²) in [5.74, 6) is 0.820. The third-order valence-corrected chi connectivity index (χ3v) is 5.70. The van der Waals surface area contributed by atoms with Gasteiger partial charge < -0.3 is 15.0 Å². The fourth-order valence-corrected chi connectivity index (χ4v) is 3.77. The second-order valence-electron chi connectivity index (χ2n) is 8.24. The molecule has 5 heteroatoms. The van der Waals surface area contributed by atoms with Crippen molar-refractivity contribution in [3.63, 3.8) is 0 Å². The van der Waals surface area contributed by atoms with E-state index in [0.29, 0.717) is 30.4 Å². The fraction of sp³-hybridized carbons (Fsp3) is 0.417. The van der Waals surface area contributed by atoms with Crippen LogP contribution in [0.2, 0.25) is 0 Å². The molecule has 3 rings (SSSR count). The molecule has 0 unspecified atom stereocenters. The van der Waals surface area contributed by atoms with Crippen molar-refractivity contribution < 1.29 is 14.3 Å². The van der Waals surface area contributed by atoms with Gasteiger partial charge >= 0.3 is 0 Å². The Balaban J connectivity index is 1.56. The van der Waals surface area contributed by atoms with Gasteiger partial charge in [-0.25, -0.2) is 0 Å². The summed E-state index contributed by atoms with van der Waals surface area (Å²) in [5.41, 5.74) is 0.835. The lowest BCUT2D eigenvalue weighted by atomic mass is 9.86. The van der Waals surface area contributed by atoms with E-state index in [2.05, 4.69) is 29.6 Å². The standard InChI is InChI=1S/C24H30N2O3/c1-24(2,22(27)25-20-10-7-11-21(17-20)29-3)23(28)26-14-12-19(13-15-26)16-18-8-5-4-6-9-18/h4-11,17,19H,12-16H2,1-3H3,(H,25,27). The van der Waals surface area contributed by atoms with Gasteiger partial charge in [0.25, 0.3) is 0 Å². The first kappa shape index (κ1) is 20.9. The van der Waals surface area contributed by atoms with Gasteiger partial charge in [0.15, 0.2) is 0 Å². The predicted octanol–water partition coefficient (Wildman–Crippen LogP) is 4.14. The highest BCUT2D eigenvalue weighted by Gasteiger charge is 2.40. The number of likely N-dealkylation sites (tertiary alicyclic amines) is 1. The van der Waals surface area contributed by atoms with E-state index < -0.39 is 5.41 Å². The zero-order valence-corrected chi connectivity index (χ0v) is 17.5. The molecule has 2 amide bonds. The van der Waals surface area contributed by atoms with Crippen molar-refractivity contribution in [3.05, 3.63) is 60.2 Å². The van der Waals surface area contributed by atoms with E-state index in [1.54, 1.807) is 39.2 Å². The van der Waals surface area contributed by atoms with Crippen LogP contribution in [0, 0.1) is 11.3 Å². The van der Waals surface area contributed by atoms with Crippen molar-refractivity contribution in [2.45, 2.75) is 33.1 Å². The predicted molar refractivity (Wildman–Crippen MR) is 115 cm³/mol. The van der Waals surface area contributed by atoms with Crippen LogP contribution in [0.25, 0.3) is 0 Å². The van der Waals surface area contributed by atoms with Crippen molar-refractivity contribution in [1.29, 1.82) is 0 Å². The van der Waals surface area contributed by atoms with Gasteiger partial charge in [-0.2, -0.15) is 0 Å². The number of nitrogens with zero attached hydrogens (tertiary/aromatic N) is 1. The maximum absolute atomic E-state index is 13.1. The Morgan fingerprint density at radius 1 is 1.07 bits per heavy atom. The summed E-state index contributed by atoms with van der Waals surface area (Å²) >= 11 is 0. The van der Waals surface area contributed by atoms with Crippen LogP contribution >= 0.6 is 0 Å². The summed E-state index contributed by atoms with van der Waals surface area (Å²) in [7, 11) is 1.58. The molecule has 5 nitrogen and oxygen atoms in total. The number of rotatable bonds is 6. The Morgan fingerprint density at radius 2 is 1.76 bits per heavy atom. The van der Waals surface area contributed by atoms with Gasteiger partial charge in [-0.3, -0.25) is 9.59 Å². The smallest absolute Gasteiger partial charge is 0.239 e. The number of anilines is 1. The molecule has 2 aromatic rings. The minimum absolute atomic E-state index is 0.115. The summed E-state index contributed by atoms with van der Waals surface area (Å²) in [4.78, 5) is 27.7. The highest BCUT2D eigenvalue weighted by molar-refractivity contribution is 6.09. The van der Waals surface area contributed by atoms with E-state index in [9.17, 15) is 9.59 Å². The lowest BCUT2D eigenvalue weighted by Crippen LogP contribution is -2.50. The minimum atomic E-state index is -1.13. The molecule has 0 aromatic heterocycles. The van der Waals surface area contributed by atoms with E-state index in [1.165, 1.54) is 5.56 Å². The average molecular weight is 395 g/mol. The molecule has 1 aliphatic heterocycles. The Labute approximate surface area is 173 Å². The monoisotopic (exact) mass is 394 g/mol. The topological polar surface area (TPSA) is 58.6 Å². The van der Waals surface area contributed by atoms with Crippen LogP contribution in [0.1, 0.15) is 32.3 Å². The van der Waals surface area contributed by atoms with Crippen LogP contribution in [0.3, 0.4) is 0 Å². The maximum Gasteiger partial charge on any atom is 0.239 e. The quantitative estimate of drug-likeness (QED) is 0.749. The number of carbonyl (C=O) groups is 2. The Kier molecular flexibility index (Phi) is 6.57. The number of piperidine rings is 1. The first-order chi connectivity index (χ1) is 13.9. The normalized spacial score (nSPS) is 15.1. The van der Waals surface area contributed by atoms with Gasteiger partial charge in [0, 0.05) is 24.8 Å². The molecular weight excluding hydrogens is 364 g/mol. The van der Waals surface area contributed by atoms with Crippen LogP contribution in [0.4, 0.5) is 5.69 Å². The van der Waals surface area contributed by atoms with E-state index in [-0.39, 0.29) is 11.8 Å². The van der Waals surface area contributed by atoms with E-state index in [1.807, 2.05) is 17.0 Å². The highest BCUT2D eigenvalue weighted by atomic mass is 16.5. The van der Waals surface area contributed by atoms with Crippen LogP contribution in [0.15, 0.2) is 54.6 Å². The Bertz CT molecular complexity index is 840. The molecule has 1 fully saturated rings. The molecule has 0 aliphatic carbocycles. The third kappa shape index (κ3) is 5.17. The van der Waals surface area contributed by atoms with Crippen LogP contribution in [-0.4, -0.2) is 36.9 Å². The molecule has 0 saturated carbocycles. The molecule has 29 heavy (non-hydrogen) atoms. The summed E-state index contributed by atoms with van der Waals surface area (Å²) in [6.07, 6.45) is 2.98. The Hall–Kier alpha value is -2.82. The van der Waals surface area contributed by atoms with Gasteiger partial charge in [0.05, 0.1) is 7.11 Å². The fourth-order valence-electron chi connectivity index (χ4n) is 3.77. The van der Waals surface area contributed by atoms with Gasteiger partial charge in [-0.1, -0.05) is 36.4 Å². The van der Waals surface area contributed by atoms with Gasteiger partial charge in [0.1, 0.15) is 11.2 Å². The summed E-state index contributed by atoms with van der Waals surface area (Å²) in [5, 5.41) is 2.85. The lowest BCUT2D eigenvalue weighted by Gasteiger charge is -2.36. The van der Waals surface area contributed by atoms with Crippen molar-refractivity contribution in [3.8, 4) is 5.75 Å². The molecule has 2 aromatic carbocycles. The first-order valence-electron chi connectivity index (χ1n) is 10.2. The number of nitrogens with one attached hydrogen (secondary N) is 1. The lowest BCUT2D eigenvalue weighted by molar-refractivity contribution is -0.147. The summed E-state index contributed by atoms with van der Waals surface area (Å²) in [6, 6.07) is 17.6. The molecule has 0 spiro atoms. The van der Waals surface area contributed by atoms with E-state index in [4.69, 9.17) is 4.74 Å². The number of ether oxygens (including phenoxy) is 1. The second kappa shape index (κ2) is 9.12. The van der Waals surface area contributed by atoms with Crippen molar-refractivity contribution in [2.75, 3.05) is 25.5 Å². The number of methoxy groups -OCH3 is 1. The largest absolute Gasteiger partial charge is 0.497 e. The molecule has 154 valence electrons. The number of benzene rings is 2. The van der Waals surface area contributed by atoms with Crippen molar-refractivity contribution >= 4 is 17.5 Å². The zero-order valence-electron chi connectivity index (χ0n) is 17.5. The number of carbonyl (C=O) groups excluding carboxylic acids is 2. The number of amides is 2. The SMILES string of the molecule is COc1cccc(NC(=O)C(C)(C)C(=O)N2CCC(Cc3ccccc3)CC2)c1. The summed E-state index contributed by atoms with van der Waals surface area (Å²) < 4.78 is 5.19. The maximum atomic E-state index is 13.1. The number of hydrogen-bond acceptors (Lipinski definition) is 3. The molecule has 1 aliphatic rings. The van der Waals surface area contributed by atoms with E-state index in [0.717, 1.165) is 19.3 Å². The zero-order chi connectivity index (χ0) is 20.9. The molecular formula is C24H30N2O3. The summed E-state index contributed by atoms with van der Waals surface area (Å²) in [6.45, 7) is 4.79. The van der Waals surface area contributed by atoms with Crippen LogP contribution < -0.4 is 10.1 Å². The molecule has 1 N–H and O–H groups in total. The highest BCUT2D eigenvalue weighted by Crippen LogP contribution is 2.28. The van der Waals surface area contributed by atoms with Crippen LogP contribution in [-0.2, 0) is 16.0 Å². The van der Waals surface area contributed by atoms with E-state index >= 15 is 0 Å².